The monoisotopic (exact) mass is 536 g/mol. The molecule has 0 N–H and O–H groups in total. The van der Waals surface area contributed by atoms with Gasteiger partial charge < -0.3 is 0 Å². The maximum Gasteiger partial charge on any atom is 0.0726 e. The van der Waals surface area contributed by atoms with Crippen molar-refractivity contribution in [3.8, 4) is 33.4 Å². The molecule has 1 atom stereocenters. The summed E-state index contributed by atoms with van der Waals surface area (Å²) in [6, 6.07) is 38.3. The molecule has 5 aromatic rings. The van der Waals surface area contributed by atoms with E-state index in [0.717, 1.165) is 10.0 Å². The van der Waals surface area contributed by atoms with Crippen LogP contribution in [0.2, 0.25) is 0 Å². The van der Waals surface area contributed by atoms with Crippen LogP contribution in [0.4, 0.5) is 0 Å². The largest absolute Gasteiger partial charge is 0.0984 e. The van der Waals surface area contributed by atoms with Gasteiger partial charge in [0.15, 0.2) is 0 Å². The normalized spacial score (nSPS) is 16.5. The highest BCUT2D eigenvalue weighted by Gasteiger charge is 2.52. The molecule has 0 radical (unpaired) electrons. The van der Waals surface area contributed by atoms with Gasteiger partial charge in [-0.3, -0.25) is 0 Å². The highest BCUT2D eigenvalue weighted by molar-refractivity contribution is 9.10. The molecule has 1 spiro atoms. The summed E-state index contributed by atoms with van der Waals surface area (Å²) < 4.78 is 1.15. The smallest absolute Gasteiger partial charge is 0.0726 e. The molecule has 176 valence electrons. The van der Waals surface area contributed by atoms with Gasteiger partial charge in [0.05, 0.1) is 5.41 Å². The summed E-state index contributed by atoms with van der Waals surface area (Å²) >= 11 is 3.90. The van der Waals surface area contributed by atoms with Crippen LogP contribution < -0.4 is 0 Å². The molecule has 1 heteroatoms. The summed E-state index contributed by atoms with van der Waals surface area (Å²) in [4.78, 5) is 0. The molecule has 2 aliphatic rings. The van der Waals surface area contributed by atoms with Crippen molar-refractivity contribution in [1.29, 1.82) is 0 Å². The molecule has 0 aliphatic heterocycles. The molecule has 7 rings (SSSR count). The number of hydrogen-bond acceptors (Lipinski definition) is 0. The Hall–Kier alpha value is -3.94. The number of hydrogen-bond donors (Lipinski definition) is 0. The lowest BCUT2D eigenvalue weighted by Gasteiger charge is -2.30. The Balaban J connectivity index is 1.56. The fraction of sp³-hybridized carbons (Fsp3) is 0.0556. The molecule has 0 heterocycles. The summed E-state index contributed by atoms with van der Waals surface area (Å²) in [5.74, 6) is 0. The fourth-order valence-electron chi connectivity index (χ4n) is 6.59. The number of halogens is 1. The van der Waals surface area contributed by atoms with Gasteiger partial charge in [0.2, 0.25) is 0 Å². The van der Waals surface area contributed by atoms with E-state index >= 15 is 0 Å². The zero-order chi connectivity index (χ0) is 25.1. The van der Waals surface area contributed by atoms with Crippen molar-refractivity contribution >= 4 is 28.1 Å². The second kappa shape index (κ2) is 8.30. The molecule has 37 heavy (non-hydrogen) atoms. The van der Waals surface area contributed by atoms with Crippen molar-refractivity contribution in [2.24, 2.45) is 0 Å². The van der Waals surface area contributed by atoms with Crippen molar-refractivity contribution < 1.29 is 0 Å². The molecule has 1 unspecified atom stereocenters. The number of benzene rings is 5. The topological polar surface area (TPSA) is 0 Å². The van der Waals surface area contributed by atoms with E-state index < -0.39 is 0 Å². The highest BCUT2D eigenvalue weighted by Crippen LogP contribution is 2.63. The third-order valence-corrected chi connectivity index (χ3v) is 8.71. The third kappa shape index (κ3) is 2.95. The van der Waals surface area contributed by atoms with Crippen molar-refractivity contribution in [3.05, 3.63) is 154 Å². The van der Waals surface area contributed by atoms with Gasteiger partial charge in [0.25, 0.3) is 0 Å². The lowest BCUT2D eigenvalue weighted by molar-refractivity contribution is 0.794. The third-order valence-electron chi connectivity index (χ3n) is 8.05. The Labute approximate surface area is 226 Å². The summed E-state index contributed by atoms with van der Waals surface area (Å²) in [5.41, 5.74) is 15.1. The molecule has 0 aromatic heterocycles. The van der Waals surface area contributed by atoms with Gasteiger partial charge in [-0.05, 0) is 86.3 Å². The predicted molar refractivity (Wildman–Crippen MR) is 161 cm³/mol. The Morgan fingerprint density at radius 3 is 2.05 bits per heavy atom. The minimum atomic E-state index is -0.342. The molecular formula is C36H25Br. The maximum absolute atomic E-state index is 4.01. The fourth-order valence-corrected chi connectivity index (χ4v) is 7.17. The average molecular weight is 538 g/mol. The Kier molecular flexibility index (Phi) is 4.99. The molecule has 0 amide bonds. The second-order valence-electron chi connectivity index (χ2n) is 9.81. The van der Waals surface area contributed by atoms with Gasteiger partial charge in [-0.25, -0.2) is 0 Å². The lowest BCUT2D eigenvalue weighted by atomic mass is 9.70. The van der Waals surface area contributed by atoms with Crippen LogP contribution in [0.3, 0.4) is 0 Å². The molecule has 0 fully saturated rings. The summed E-state index contributed by atoms with van der Waals surface area (Å²) in [6.45, 7) is 6.07. The van der Waals surface area contributed by atoms with Crippen LogP contribution in [0, 0.1) is 0 Å². The highest BCUT2D eigenvalue weighted by atomic mass is 79.9. The summed E-state index contributed by atoms with van der Waals surface area (Å²) in [7, 11) is 0. The SMILES string of the molecule is C=Cc1ccc(-c2ccc3c(c2)C2(c4ccccc4-3)c3ccccc3-c3c(Br)cccc32)cc1/C=C\C. The Morgan fingerprint density at radius 2 is 1.27 bits per heavy atom. The van der Waals surface area contributed by atoms with Crippen LogP contribution in [-0.4, -0.2) is 0 Å². The number of allylic oxidation sites excluding steroid dienone is 1. The first-order valence-electron chi connectivity index (χ1n) is 12.7. The van der Waals surface area contributed by atoms with E-state index in [0.29, 0.717) is 0 Å². The Morgan fingerprint density at radius 1 is 0.622 bits per heavy atom. The quantitative estimate of drug-likeness (QED) is 0.210. The van der Waals surface area contributed by atoms with E-state index in [-0.39, 0.29) is 5.41 Å². The predicted octanol–water partition coefficient (Wildman–Crippen LogP) is 10.1. The standard InChI is InChI=1S/C36H25Br/c1-3-10-24-21-25(18-17-23(24)4-2)26-19-20-28-27-11-5-7-13-30(27)36(33(28)22-26)31-14-8-6-12-29(31)35-32(36)15-9-16-34(35)37/h3-22H,2H2,1H3/b10-3-. The maximum atomic E-state index is 4.01. The van der Waals surface area contributed by atoms with Crippen molar-refractivity contribution in [2.75, 3.05) is 0 Å². The molecule has 0 nitrogen and oxygen atoms in total. The van der Waals surface area contributed by atoms with E-state index in [1.807, 2.05) is 6.08 Å². The summed E-state index contributed by atoms with van der Waals surface area (Å²) in [6.07, 6.45) is 6.18. The average Bonchev–Trinajstić information content (AvgIpc) is 3.41. The van der Waals surface area contributed by atoms with Crippen LogP contribution in [-0.2, 0) is 5.41 Å². The van der Waals surface area contributed by atoms with Gasteiger partial charge in [-0.15, -0.1) is 0 Å². The number of fused-ring (bicyclic) bond motifs is 10. The molecule has 0 saturated heterocycles. The minimum Gasteiger partial charge on any atom is -0.0984 e. The van der Waals surface area contributed by atoms with Gasteiger partial charge in [-0.1, -0.05) is 126 Å². The van der Waals surface area contributed by atoms with Crippen molar-refractivity contribution in [2.45, 2.75) is 12.3 Å². The Bertz CT molecular complexity index is 1770. The molecular weight excluding hydrogens is 512 g/mol. The van der Waals surface area contributed by atoms with E-state index in [1.165, 1.54) is 61.2 Å². The van der Waals surface area contributed by atoms with Crippen LogP contribution in [0.15, 0.2) is 120 Å². The zero-order valence-electron chi connectivity index (χ0n) is 20.6. The first-order valence-corrected chi connectivity index (χ1v) is 13.5. The van der Waals surface area contributed by atoms with Crippen molar-refractivity contribution in [1.82, 2.24) is 0 Å². The number of rotatable bonds is 3. The van der Waals surface area contributed by atoms with E-state index in [2.05, 4.69) is 145 Å². The first-order chi connectivity index (χ1) is 18.2. The molecule has 0 bridgehead atoms. The van der Waals surface area contributed by atoms with Crippen LogP contribution in [0.5, 0.6) is 0 Å². The second-order valence-corrected chi connectivity index (χ2v) is 10.7. The van der Waals surface area contributed by atoms with Crippen LogP contribution >= 0.6 is 15.9 Å². The van der Waals surface area contributed by atoms with E-state index in [4.69, 9.17) is 0 Å². The molecule has 0 saturated carbocycles. The molecule has 5 aromatic carbocycles. The minimum absolute atomic E-state index is 0.342. The van der Waals surface area contributed by atoms with Gasteiger partial charge in [-0.2, -0.15) is 0 Å². The lowest BCUT2D eigenvalue weighted by Crippen LogP contribution is -2.25. The van der Waals surface area contributed by atoms with Crippen LogP contribution in [0.1, 0.15) is 40.3 Å². The van der Waals surface area contributed by atoms with Gasteiger partial charge >= 0.3 is 0 Å². The van der Waals surface area contributed by atoms with Crippen molar-refractivity contribution in [3.63, 3.8) is 0 Å². The summed E-state index contributed by atoms with van der Waals surface area (Å²) in [5, 5.41) is 0. The van der Waals surface area contributed by atoms with E-state index in [1.54, 1.807) is 0 Å². The first kappa shape index (κ1) is 22.3. The van der Waals surface area contributed by atoms with E-state index in [9.17, 15) is 0 Å². The van der Waals surface area contributed by atoms with Crippen LogP contribution in [0.25, 0.3) is 45.5 Å². The zero-order valence-corrected chi connectivity index (χ0v) is 22.2. The molecule has 2 aliphatic carbocycles. The van der Waals surface area contributed by atoms with Gasteiger partial charge in [0.1, 0.15) is 0 Å². The van der Waals surface area contributed by atoms with Gasteiger partial charge in [0, 0.05) is 10.0 Å².